The van der Waals surface area contributed by atoms with Gasteiger partial charge in [-0.2, -0.15) is 5.26 Å². The zero-order chi connectivity index (χ0) is 22.7. The summed E-state index contributed by atoms with van der Waals surface area (Å²) >= 11 is 5.95. The Morgan fingerprint density at radius 3 is 2.61 bits per heavy atom. The summed E-state index contributed by atoms with van der Waals surface area (Å²) in [5.41, 5.74) is 1.02. The maximum atomic E-state index is 12.8. The van der Waals surface area contributed by atoms with Gasteiger partial charge in [-0.05, 0) is 50.5 Å². The maximum absolute atomic E-state index is 12.8. The zero-order valence-corrected chi connectivity index (χ0v) is 19.7. The van der Waals surface area contributed by atoms with Gasteiger partial charge in [0.15, 0.2) is 0 Å². The van der Waals surface area contributed by atoms with Crippen LogP contribution in [0.3, 0.4) is 0 Å². The van der Waals surface area contributed by atoms with Crippen LogP contribution in [0, 0.1) is 11.3 Å². The van der Waals surface area contributed by atoms with E-state index < -0.39 is 16.3 Å². The average molecular weight is 485 g/mol. The van der Waals surface area contributed by atoms with Crippen LogP contribution in [-0.2, 0) is 17.2 Å². The quantitative estimate of drug-likeness (QED) is 0.665. The molecule has 2 saturated carbocycles. The lowest BCUT2D eigenvalue weighted by Crippen LogP contribution is -2.61. The fraction of sp³-hybridized carbons (Fsp3) is 0.565. The van der Waals surface area contributed by atoms with Gasteiger partial charge in [-0.3, -0.25) is 4.21 Å². The van der Waals surface area contributed by atoms with Crippen molar-refractivity contribution in [2.75, 3.05) is 22.6 Å². The van der Waals surface area contributed by atoms with Crippen molar-refractivity contribution in [2.45, 2.75) is 73.4 Å². The minimum absolute atomic E-state index is 0.0170. The number of pyridine rings is 1. The Labute approximate surface area is 199 Å². The number of nitrogens with one attached hydrogen (secondary N) is 1. The second kappa shape index (κ2) is 7.90. The van der Waals surface area contributed by atoms with Gasteiger partial charge in [0.1, 0.15) is 23.5 Å². The van der Waals surface area contributed by atoms with Crippen LogP contribution in [0.5, 0.6) is 0 Å². The van der Waals surface area contributed by atoms with Gasteiger partial charge >= 0.3 is 0 Å². The lowest BCUT2D eigenvalue weighted by atomic mass is 9.73. The van der Waals surface area contributed by atoms with E-state index in [-0.39, 0.29) is 24.6 Å². The molecule has 0 amide bonds. The molecule has 0 aromatic carbocycles. The van der Waals surface area contributed by atoms with Crippen molar-refractivity contribution < 1.29 is 9.32 Å². The van der Waals surface area contributed by atoms with Crippen molar-refractivity contribution in [1.82, 2.24) is 15.0 Å². The fourth-order valence-corrected chi connectivity index (χ4v) is 7.40. The molecule has 2 N–H and O–H groups in total. The molecule has 7 rings (SSSR count). The maximum Gasteiger partial charge on any atom is 0.149 e. The van der Waals surface area contributed by atoms with E-state index in [0.29, 0.717) is 39.3 Å². The van der Waals surface area contributed by atoms with Crippen LogP contribution < -0.4 is 10.2 Å². The van der Waals surface area contributed by atoms with Gasteiger partial charge in [0, 0.05) is 36.1 Å². The minimum Gasteiger partial charge on any atom is -0.394 e. The molecule has 0 spiro atoms. The summed E-state index contributed by atoms with van der Waals surface area (Å²) in [7, 11) is -1.18. The topological polar surface area (TPSA) is 115 Å². The average Bonchev–Trinajstić information content (AvgIpc) is 3.18. The third kappa shape index (κ3) is 3.34. The largest absolute Gasteiger partial charge is 0.394 e. The van der Waals surface area contributed by atoms with Crippen LogP contribution in [-0.4, -0.2) is 54.2 Å². The molecule has 0 radical (unpaired) electrons. The summed E-state index contributed by atoms with van der Waals surface area (Å²) < 4.78 is 12.8. The molecule has 3 atom stereocenters. The zero-order valence-electron chi connectivity index (χ0n) is 18.1. The summed E-state index contributed by atoms with van der Waals surface area (Å²) in [5.74, 6) is 2.88. The first-order chi connectivity index (χ1) is 16.0. The predicted octanol–water partition coefficient (Wildman–Crippen LogP) is 2.91. The normalized spacial score (nSPS) is 28.9. The van der Waals surface area contributed by atoms with E-state index in [2.05, 4.69) is 26.3 Å². The van der Waals surface area contributed by atoms with Crippen LogP contribution in [0.1, 0.15) is 61.4 Å². The van der Waals surface area contributed by atoms with Gasteiger partial charge in [0.2, 0.25) is 0 Å². The van der Waals surface area contributed by atoms with Crippen LogP contribution in [0.15, 0.2) is 17.3 Å². The Bertz CT molecular complexity index is 1160. The number of nitrogens with zero attached hydrogens (tertiary/aromatic N) is 5. The smallest absolute Gasteiger partial charge is 0.149 e. The third-order valence-electron chi connectivity index (χ3n) is 7.80. The van der Waals surface area contributed by atoms with Gasteiger partial charge in [-0.15, -0.1) is 0 Å². The summed E-state index contributed by atoms with van der Waals surface area (Å²) in [5, 5.41) is 24.0. The summed E-state index contributed by atoms with van der Waals surface area (Å²) in [6, 6.07) is 2.91. The number of rotatable bonds is 5. The second-order valence-corrected chi connectivity index (χ2v) is 11.6. The van der Waals surface area contributed by atoms with Crippen molar-refractivity contribution in [1.29, 1.82) is 5.26 Å². The first kappa shape index (κ1) is 21.3. The second-order valence-electron chi connectivity index (χ2n) is 9.67. The van der Waals surface area contributed by atoms with Crippen LogP contribution >= 0.6 is 11.6 Å². The van der Waals surface area contributed by atoms with Crippen molar-refractivity contribution in [3.05, 3.63) is 34.4 Å². The molecule has 33 heavy (non-hydrogen) atoms. The number of aliphatic hydroxyl groups is 1. The molecule has 2 aromatic rings. The molecule has 8 nitrogen and oxygen atoms in total. The highest BCUT2D eigenvalue weighted by Gasteiger charge is 2.49. The van der Waals surface area contributed by atoms with Gasteiger partial charge in [-0.25, -0.2) is 15.0 Å². The molecule has 5 heterocycles. The fourth-order valence-electron chi connectivity index (χ4n) is 5.91. The summed E-state index contributed by atoms with van der Waals surface area (Å²) in [6.45, 7) is 0.0170. The number of anilines is 2. The minimum atomic E-state index is -1.18. The van der Waals surface area contributed by atoms with Crippen LogP contribution in [0.4, 0.5) is 11.6 Å². The van der Waals surface area contributed by atoms with Crippen LogP contribution in [0.25, 0.3) is 0 Å². The van der Waals surface area contributed by atoms with Crippen LogP contribution in [0.2, 0.25) is 5.02 Å². The Kier molecular flexibility index (Phi) is 5.09. The first-order valence-electron chi connectivity index (χ1n) is 11.5. The van der Waals surface area contributed by atoms with Gasteiger partial charge < -0.3 is 15.3 Å². The van der Waals surface area contributed by atoms with E-state index in [1.165, 1.54) is 0 Å². The molecule has 2 saturated heterocycles. The van der Waals surface area contributed by atoms with Crippen molar-refractivity contribution in [3.8, 4) is 6.07 Å². The molecule has 2 aliphatic carbocycles. The Morgan fingerprint density at radius 1 is 1.27 bits per heavy atom. The number of nitriles is 1. The number of fused-ring (bicyclic) bond motifs is 3. The molecule has 3 aliphatic heterocycles. The molecule has 172 valence electrons. The Hall–Kier alpha value is -2.28. The molecule has 5 aliphatic rings. The monoisotopic (exact) mass is 484 g/mol. The number of hydrogen-bond acceptors (Lipinski definition) is 8. The lowest BCUT2D eigenvalue weighted by molar-refractivity contribution is 0.143. The van der Waals surface area contributed by atoms with E-state index in [1.54, 1.807) is 12.4 Å². The summed E-state index contributed by atoms with van der Waals surface area (Å²) in [6.07, 6.45) is 9.54. The molecule has 4 fully saturated rings. The van der Waals surface area contributed by atoms with E-state index in [1.807, 2.05) is 0 Å². The number of halogens is 1. The number of aliphatic hydroxyl groups excluding tert-OH is 1. The van der Waals surface area contributed by atoms with Gasteiger partial charge in [-0.1, -0.05) is 11.6 Å². The third-order valence-corrected chi connectivity index (χ3v) is 9.47. The van der Waals surface area contributed by atoms with E-state index in [9.17, 15) is 14.6 Å². The highest BCUT2D eigenvalue weighted by atomic mass is 35.5. The van der Waals surface area contributed by atoms with E-state index in [0.717, 1.165) is 49.9 Å². The molecular weight excluding hydrogens is 460 g/mol. The number of hydrogen-bond donors (Lipinski definition) is 2. The summed E-state index contributed by atoms with van der Waals surface area (Å²) in [4.78, 5) is 16.7. The molecule has 2 unspecified atom stereocenters. The van der Waals surface area contributed by atoms with Gasteiger partial charge in [0.25, 0.3) is 0 Å². The van der Waals surface area contributed by atoms with Crippen molar-refractivity contribution >= 4 is 34.0 Å². The molecule has 2 bridgehead atoms. The number of aromatic nitrogens is 3. The molecular formula is C23H25ClN6O2S. The molecule has 10 heteroatoms. The standard InChI is InChI=1S/C23H25ClN6O2S/c24-14-10-26-20(27-11-14)13-6-15-8-16(7-13)30(15)22-18(9-25)17-2-5-33(32)19(17)21(28-22)29-23(12-31)3-1-4-23/h10-11,13,15-16,31H,1-8,12H2,(H,28,29)/t13?,15?,16?,33-/m1/s1. The number of piperidine rings is 1. The lowest BCUT2D eigenvalue weighted by Gasteiger charge is -2.56. The highest BCUT2D eigenvalue weighted by molar-refractivity contribution is 7.85. The molecule has 2 aromatic heterocycles. The predicted molar refractivity (Wildman–Crippen MR) is 125 cm³/mol. The van der Waals surface area contributed by atoms with E-state index >= 15 is 0 Å². The van der Waals surface area contributed by atoms with E-state index in [4.69, 9.17) is 16.6 Å². The highest BCUT2D eigenvalue weighted by Crippen LogP contribution is 2.49. The first-order valence-corrected chi connectivity index (χ1v) is 13.2. The Morgan fingerprint density at radius 2 is 2.00 bits per heavy atom. The van der Waals surface area contributed by atoms with Gasteiger partial charge in [0.05, 0.1) is 38.4 Å². The SMILES string of the molecule is N#Cc1c(N2C3CC(c4ncc(Cl)cn4)CC2C3)nc(NC2(CO)CCC2)c2c1CC[S@]2=O. The Balaban J connectivity index is 1.35. The van der Waals surface area contributed by atoms with Crippen molar-refractivity contribution in [3.63, 3.8) is 0 Å². The van der Waals surface area contributed by atoms with Crippen molar-refractivity contribution in [2.24, 2.45) is 0 Å².